The van der Waals surface area contributed by atoms with E-state index in [0.717, 1.165) is 17.5 Å². The molecule has 98 valence electrons. The van der Waals surface area contributed by atoms with Crippen molar-refractivity contribution in [2.24, 2.45) is 0 Å². The van der Waals surface area contributed by atoms with E-state index in [-0.39, 0.29) is 5.91 Å². The molecule has 19 heavy (non-hydrogen) atoms. The molecule has 1 aromatic heterocycles. The summed E-state index contributed by atoms with van der Waals surface area (Å²) in [7, 11) is 0. The van der Waals surface area contributed by atoms with E-state index in [1.54, 1.807) is 18.5 Å². The molecule has 0 fully saturated rings. The number of carbonyl (C=O) groups is 1. The first kappa shape index (κ1) is 13.5. The number of amides is 1. The zero-order chi connectivity index (χ0) is 13.5. The standard InChI is InChI=1S/C14H14ClN3O/c15-13-4-2-1-3-12(13)7-14(19)18-6-5-11-8-16-10-17-9-11/h1-4,8-10H,5-7H2,(H,18,19). The SMILES string of the molecule is O=C(Cc1ccccc1Cl)NCCc1cncnc1. The van der Waals surface area contributed by atoms with E-state index < -0.39 is 0 Å². The first-order valence-electron chi connectivity index (χ1n) is 5.99. The summed E-state index contributed by atoms with van der Waals surface area (Å²) in [6.07, 6.45) is 5.99. The average molecular weight is 276 g/mol. The second-order valence-electron chi connectivity index (χ2n) is 4.11. The fourth-order valence-electron chi connectivity index (χ4n) is 1.68. The van der Waals surface area contributed by atoms with Gasteiger partial charge in [-0.2, -0.15) is 0 Å². The van der Waals surface area contributed by atoms with E-state index >= 15 is 0 Å². The largest absolute Gasteiger partial charge is 0.355 e. The van der Waals surface area contributed by atoms with Crippen LogP contribution in [0.4, 0.5) is 0 Å². The first-order chi connectivity index (χ1) is 9.25. The van der Waals surface area contributed by atoms with Crippen molar-refractivity contribution >= 4 is 17.5 Å². The zero-order valence-electron chi connectivity index (χ0n) is 10.3. The zero-order valence-corrected chi connectivity index (χ0v) is 11.1. The fourth-order valence-corrected chi connectivity index (χ4v) is 1.89. The van der Waals surface area contributed by atoms with Crippen LogP contribution in [0.3, 0.4) is 0 Å². The van der Waals surface area contributed by atoms with Crippen LogP contribution in [0.25, 0.3) is 0 Å². The smallest absolute Gasteiger partial charge is 0.224 e. The van der Waals surface area contributed by atoms with Crippen molar-refractivity contribution in [2.75, 3.05) is 6.54 Å². The van der Waals surface area contributed by atoms with Gasteiger partial charge in [-0.1, -0.05) is 29.8 Å². The van der Waals surface area contributed by atoms with Gasteiger partial charge in [0.15, 0.2) is 0 Å². The van der Waals surface area contributed by atoms with Crippen LogP contribution < -0.4 is 5.32 Å². The Kier molecular flexibility index (Phi) is 4.86. The Morgan fingerprint density at radius 3 is 2.68 bits per heavy atom. The van der Waals surface area contributed by atoms with Crippen molar-refractivity contribution in [3.63, 3.8) is 0 Å². The Morgan fingerprint density at radius 2 is 1.95 bits per heavy atom. The van der Waals surface area contributed by atoms with Crippen molar-refractivity contribution in [3.05, 3.63) is 59.1 Å². The number of hydrogen-bond acceptors (Lipinski definition) is 3. The highest BCUT2D eigenvalue weighted by Gasteiger charge is 2.05. The highest BCUT2D eigenvalue weighted by Crippen LogP contribution is 2.15. The van der Waals surface area contributed by atoms with Crippen molar-refractivity contribution in [1.29, 1.82) is 0 Å². The summed E-state index contributed by atoms with van der Waals surface area (Å²) in [6, 6.07) is 7.35. The molecular weight excluding hydrogens is 262 g/mol. The maximum atomic E-state index is 11.8. The molecule has 0 saturated carbocycles. The fraction of sp³-hybridized carbons (Fsp3) is 0.214. The van der Waals surface area contributed by atoms with Crippen molar-refractivity contribution < 1.29 is 4.79 Å². The Balaban J connectivity index is 1.78. The number of rotatable bonds is 5. The quantitative estimate of drug-likeness (QED) is 0.908. The number of carbonyl (C=O) groups excluding carboxylic acids is 1. The lowest BCUT2D eigenvalue weighted by Crippen LogP contribution is -2.27. The van der Waals surface area contributed by atoms with Crippen molar-refractivity contribution in [3.8, 4) is 0 Å². The van der Waals surface area contributed by atoms with Gasteiger partial charge >= 0.3 is 0 Å². The molecule has 0 unspecified atom stereocenters. The van der Waals surface area contributed by atoms with Crippen molar-refractivity contribution in [1.82, 2.24) is 15.3 Å². The summed E-state index contributed by atoms with van der Waals surface area (Å²) < 4.78 is 0. The second kappa shape index (κ2) is 6.85. The van der Waals surface area contributed by atoms with Crippen molar-refractivity contribution in [2.45, 2.75) is 12.8 Å². The lowest BCUT2D eigenvalue weighted by atomic mass is 10.1. The van der Waals surface area contributed by atoms with Gasteiger partial charge in [0, 0.05) is 24.0 Å². The molecule has 4 nitrogen and oxygen atoms in total. The average Bonchev–Trinajstić information content (AvgIpc) is 2.43. The van der Waals surface area contributed by atoms with Crippen LogP contribution in [0.15, 0.2) is 43.0 Å². The van der Waals surface area contributed by atoms with Crippen LogP contribution in [0.2, 0.25) is 5.02 Å². The summed E-state index contributed by atoms with van der Waals surface area (Å²) in [5, 5.41) is 3.47. The van der Waals surface area contributed by atoms with E-state index in [1.165, 1.54) is 6.33 Å². The van der Waals surface area contributed by atoms with Gasteiger partial charge in [0.1, 0.15) is 6.33 Å². The van der Waals surface area contributed by atoms with E-state index in [0.29, 0.717) is 18.0 Å². The third-order valence-electron chi connectivity index (χ3n) is 2.66. The molecule has 1 aromatic carbocycles. The maximum Gasteiger partial charge on any atom is 0.224 e. The molecule has 2 rings (SSSR count). The van der Waals surface area contributed by atoms with Crippen LogP contribution in [-0.2, 0) is 17.6 Å². The maximum absolute atomic E-state index is 11.8. The highest BCUT2D eigenvalue weighted by atomic mass is 35.5. The lowest BCUT2D eigenvalue weighted by molar-refractivity contribution is -0.120. The molecule has 0 atom stereocenters. The van der Waals surface area contributed by atoms with Crippen LogP contribution in [0.1, 0.15) is 11.1 Å². The Hall–Kier alpha value is -1.94. The topological polar surface area (TPSA) is 54.9 Å². The summed E-state index contributed by atoms with van der Waals surface area (Å²) in [4.78, 5) is 19.6. The molecule has 0 saturated heterocycles. The summed E-state index contributed by atoms with van der Waals surface area (Å²) in [6.45, 7) is 0.566. The van der Waals surface area contributed by atoms with Gasteiger partial charge in [-0.15, -0.1) is 0 Å². The number of nitrogens with one attached hydrogen (secondary N) is 1. The number of halogens is 1. The molecule has 1 heterocycles. The summed E-state index contributed by atoms with van der Waals surface area (Å²) in [5.41, 5.74) is 1.84. The lowest BCUT2D eigenvalue weighted by Gasteiger charge is -2.06. The van der Waals surface area contributed by atoms with Gasteiger partial charge in [-0.05, 0) is 23.6 Å². The predicted molar refractivity (Wildman–Crippen MR) is 73.9 cm³/mol. The number of benzene rings is 1. The number of hydrogen-bond donors (Lipinski definition) is 1. The number of nitrogens with zero attached hydrogens (tertiary/aromatic N) is 2. The molecule has 5 heteroatoms. The van der Waals surface area contributed by atoms with Gasteiger partial charge in [-0.25, -0.2) is 9.97 Å². The third-order valence-corrected chi connectivity index (χ3v) is 3.03. The molecule has 0 bridgehead atoms. The Bertz CT molecular complexity index is 545. The third kappa shape index (κ3) is 4.34. The van der Waals surface area contributed by atoms with Crippen LogP contribution in [0.5, 0.6) is 0 Å². The minimum atomic E-state index is -0.0371. The molecule has 2 aromatic rings. The Morgan fingerprint density at radius 1 is 1.21 bits per heavy atom. The van der Waals surface area contributed by atoms with E-state index in [4.69, 9.17) is 11.6 Å². The molecule has 0 aliphatic carbocycles. The van der Waals surface area contributed by atoms with Crippen LogP contribution >= 0.6 is 11.6 Å². The van der Waals surface area contributed by atoms with E-state index in [2.05, 4.69) is 15.3 Å². The minimum Gasteiger partial charge on any atom is -0.355 e. The van der Waals surface area contributed by atoms with Crippen LogP contribution in [-0.4, -0.2) is 22.4 Å². The molecule has 1 N–H and O–H groups in total. The van der Waals surface area contributed by atoms with Gasteiger partial charge in [0.25, 0.3) is 0 Å². The summed E-state index contributed by atoms with van der Waals surface area (Å²) in [5.74, 6) is -0.0371. The van der Waals surface area contributed by atoms with Gasteiger partial charge in [0.2, 0.25) is 5.91 Å². The van der Waals surface area contributed by atoms with E-state index in [1.807, 2.05) is 18.2 Å². The highest BCUT2D eigenvalue weighted by molar-refractivity contribution is 6.31. The molecular formula is C14H14ClN3O. The second-order valence-corrected chi connectivity index (χ2v) is 4.52. The minimum absolute atomic E-state index is 0.0371. The molecule has 0 spiro atoms. The van der Waals surface area contributed by atoms with Gasteiger partial charge in [0.05, 0.1) is 6.42 Å². The van der Waals surface area contributed by atoms with E-state index in [9.17, 15) is 4.79 Å². The predicted octanol–water partition coefficient (Wildman–Crippen LogP) is 2.03. The molecule has 1 amide bonds. The van der Waals surface area contributed by atoms with Gasteiger partial charge < -0.3 is 5.32 Å². The molecule has 0 aliphatic heterocycles. The molecule has 0 aliphatic rings. The first-order valence-corrected chi connectivity index (χ1v) is 6.37. The Labute approximate surface area is 116 Å². The monoisotopic (exact) mass is 275 g/mol. The molecule has 0 radical (unpaired) electrons. The number of aromatic nitrogens is 2. The van der Waals surface area contributed by atoms with Gasteiger partial charge in [-0.3, -0.25) is 4.79 Å². The summed E-state index contributed by atoms with van der Waals surface area (Å²) >= 11 is 6.00. The normalized spacial score (nSPS) is 10.2. The van der Waals surface area contributed by atoms with Crippen LogP contribution in [0, 0.1) is 0 Å².